The molecule has 1 saturated carbocycles. The Bertz CT molecular complexity index is 583. The number of pyridine rings is 2. The first kappa shape index (κ1) is 15.0. The molecule has 2 aromatic heterocycles. The lowest BCUT2D eigenvalue weighted by Crippen LogP contribution is -2.44. The molecule has 4 nitrogen and oxygen atoms in total. The second-order valence-electron chi connectivity index (χ2n) is 6.07. The van der Waals surface area contributed by atoms with Crippen LogP contribution in [-0.2, 0) is 0 Å². The van der Waals surface area contributed by atoms with Crippen LogP contribution in [0, 0.1) is 0 Å². The maximum absolute atomic E-state index is 6.20. The van der Waals surface area contributed by atoms with Gasteiger partial charge in [-0.15, -0.1) is 0 Å². The topological polar surface area (TPSA) is 38.2 Å². The summed E-state index contributed by atoms with van der Waals surface area (Å²) in [5.41, 5.74) is 1.76. The van der Waals surface area contributed by atoms with Gasteiger partial charge in [-0.2, -0.15) is 0 Å². The molecular weight excluding hydrogens is 274 g/mol. The van der Waals surface area contributed by atoms with Gasteiger partial charge in [-0.1, -0.05) is 12.5 Å². The Kier molecular flexibility index (Phi) is 4.68. The van der Waals surface area contributed by atoms with Gasteiger partial charge in [0.2, 0.25) is 0 Å². The van der Waals surface area contributed by atoms with Crippen LogP contribution in [0.4, 0.5) is 0 Å². The van der Waals surface area contributed by atoms with Gasteiger partial charge in [-0.05, 0) is 57.6 Å². The van der Waals surface area contributed by atoms with Gasteiger partial charge >= 0.3 is 0 Å². The number of hydrogen-bond donors (Lipinski definition) is 0. The number of aromatic nitrogens is 2. The summed E-state index contributed by atoms with van der Waals surface area (Å²) in [6.45, 7) is 0. The summed E-state index contributed by atoms with van der Waals surface area (Å²) in [4.78, 5) is 11.1. The lowest BCUT2D eigenvalue weighted by Gasteiger charge is -2.36. The summed E-state index contributed by atoms with van der Waals surface area (Å²) in [5, 5.41) is 0. The number of likely N-dealkylation sites (N-methyl/N-ethyl adjacent to an activating group) is 1. The highest BCUT2D eigenvalue weighted by atomic mass is 16.5. The highest BCUT2D eigenvalue weighted by molar-refractivity contribution is 5.53. The Morgan fingerprint density at radius 3 is 2.50 bits per heavy atom. The molecule has 0 unspecified atom stereocenters. The molecule has 0 amide bonds. The molecule has 116 valence electrons. The van der Waals surface area contributed by atoms with E-state index in [0.29, 0.717) is 6.04 Å². The first-order chi connectivity index (χ1) is 10.7. The van der Waals surface area contributed by atoms with Gasteiger partial charge in [0.25, 0.3) is 0 Å². The SMILES string of the molecule is CN(C)[C@H]1CCCC[C@@H]1Oc1ccc(-c2ccccn2)nc1. The minimum atomic E-state index is 0.256. The Morgan fingerprint density at radius 1 is 1.00 bits per heavy atom. The zero-order valence-electron chi connectivity index (χ0n) is 13.3. The minimum absolute atomic E-state index is 0.256. The molecule has 3 rings (SSSR count). The summed E-state index contributed by atoms with van der Waals surface area (Å²) >= 11 is 0. The van der Waals surface area contributed by atoms with Crippen LogP contribution in [0.1, 0.15) is 25.7 Å². The Balaban J connectivity index is 1.70. The second-order valence-corrected chi connectivity index (χ2v) is 6.07. The molecule has 2 heterocycles. The molecule has 1 aliphatic carbocycles. The van der Waals surface area contributed by atoms with E-state index in [1.165, 1.54) is 19.3 Å². The largest absolute Gasteiger partial charge is 0.487 e. The fraction of sp³-hybridized carbons (Fsp3) is 0.444. The van der Waals surface area contributed by atoms with Crippen molar-refractivity contribution in [2.24, 2.45) is 0 Å². The number of rotatable bonds is 4. The van der Waals surface area contributed by atoms with Gasteiger partial charge in [-0.25, -0.2) is 0 Å². The predicted octanol–water partition coefficient (Wildman–Crippen LogP) is 3.40. The van der Waals surface area contributed by atoms with Crippen molar-refractivity contribution in [1.29, 1.82) is 0 Å². The van der Waals surface area contributed by atoms with Crippen molar-refractivity contribution in [3.8, 4) is 17.1 Å². The van der Waals surface area contributed by atoms with Gasteiger partial charge < -0.3 is 9.64 Å². The first-order valence-corrected chi connectivity index (χ1v) is 7.94. The quantitative estimate of drug-likeness (QED) is 0.867. The van der Waals surface area contributed by atoms with Crippen molar-refractivity contribution in [3.63, 3.8) is 0 Å². The van der Waals surface area contributed by atoms with E-state index >= 15 is 0 Å². The lowest BCUT2D eigenvalue weighted by atomic mass is 9.91. The fourth-order valence-electron chi connectivity index (χ4n) is 3.10. The molecule has 0 bridgehead atoms. The smallest absolute Gasteiger partial charge is 0.138 e. The van der Waals surface area contributed by atoms with E-state index in [-0.39, 0.29) is 6.10 Å². The molecule has 1 aliphatic rings. The van der Waals surface area contributed by atoms with Crippen LogP contribution in [0.3, 0.4) is 0 Å². The predicted molar refractivity (Wildman–Crippen MR) is 87.8 cm³/mol. The van der Waals surface area contributed by atoms with Crippen molar-refractivity contribution in [2.45, 2.75) is 37.8 Å². The van der Waals surface area contributed by atoms with Gasteiger partial charge in [0.05, 0.1) is 17.6 Å². The van der Waals surface area contributed by atoms with Crippen molar-refractivity contribution < 1.29 is 4.74 Å². The van der Waals surface area contributed by atoms with Crippen LogP contribution in [0.5, 0.6) is 5.75 Å². The van der Waals surface area contributed by atoms with E-state index in [1.54, 1.807) is 6.20 Å². The third-order valence-corrected chi connectivity index (χ3v) is 4.28. The molecule has 4 heteroatoms. The maximum atomic E-state index is 6.20. The third kappa shape index (κ3) is 3.45. The Hall–Kier alpha value is -1.94. The Morgan fingerprint density at radius 2 is 1.82 bits per heavy atom. The summed E-state index contributed by atoms with van der Waals surface area (Å²) < 4.78 is 6.20. The monoisotopic (exact) mass is 297 g/mol. The highest BCUT2D eigenvalue weighted by Gasteiger charge is 2.28. The summed E-state index contributed by atoms with van der Waals surface area (Å²) in [7, 11) is 4.27. The highest BCUT2D eigenvalue weighted by Crippen LogP contribution is 2.26. The molecule has 0 saturated heterocycles. The summed E-state index contributed by atoms with van der Waals surface area (Å²) in [5.74, 6) is 0.846. The molecule has 22 heavy (non-hydrogen) atoms. The van der Waals surface area contributed by atoms with E-state index in [0.717, 1.165) is 23.6 Å². The van der Waals surface area contributed by atoms with E-state index in [1.807, 2.05) is 36.5 Å². The van der Waals surface area contributed by atoms with Crippen LogP contribution >= 0.6 is 0 Å². The minimum Gasteiger partial charge on any atom is -0.487 e. The van der Waals surface area contributed by atoms with E-state index < -0.39 is 0 Å². The van der Waals surface area contributed by atoms with Gasteiger partial charge in [0.15, 0.2) is 0 Å². The molecule has 0 radical (unpaired) electrons. The van der Waals surface area contributed by atoms with Crippen LogP contribution in [-0.4, -0.2) is 41.1 Å². The number of ether oxygens (including phenoxy) is 1. The first-order valence-electron chi connectivity index (χ1n) is 7.94. The van der Waals surface area contributed by atoms with Crippen molar-refractivity contribution >= 4 is 0 Å². The molecule has 1 fully saturated rings. The zero-order chi connectivity index (χ0) is 15.4. The van der Waals surface area contributed by atoms with Crippen molar-refractivity contribution in [1.82, 2.24) is 14.9 Å². The summed E-state index contributed by atoms with van der Waals surface area (Å²) in [6, 6.07) is 10.3. The van der Waals surface area contributed by atoms with Crippen molar-refractivity contribution in [2.75, 3.05) is 14.1 Å². The summed E-state index contributed by atoms with van der Waals surface area (Å²) in [6.07, 6.45) is 8.71. The van der Waals surface area contributed by atoms with Crippen LogP contribution < -0.4 is 4.74 Å². The lowest BCUT2D eigenvalue weighted by molar-refractivity contribution is 0.0620. The zero-order valence-corrected chi connectivity index (χ0v) is 13.3. The van der Waals surface area contributed by atoms with Crippen LogP contribution in [0.15, 0.2) is 42.7 Å². The molecule has 0 spiro atoms. The normalized spacial score (nSPS) is 21.8. The number of hydrogen-bond acceptors (Lipinski definition) is 4. The molecule has 2 aromatic rings. The standard InChI is InChI=1S/C18H23N3O/c1-21(2)17-8-3-4-9-18(17)22-14-10-11-16(20-13-14)15-7-5-6-12-19-15/h5-7,10-13,17-18H,3-4,8-9H2,1-2H3/t17-,18-/m0/s1. The van der Waals surface area contributed by atoms with Crippen LogP contribution in [0.25, 0.3) is 11.4 Å². The second kappa shape index (κ2) is 6.88. The van der Waals surface area contributed by atoms with Gasteiger partial charge in [0, 0.05) is 12.2 Å². The van der Waals surface area contributed by atoms with Crippen molar-refractivity contribution in [3.05, 3.63) is 42.7 Å². The third-order valence-electron chi connectivity index (χ3n) is 4.28. The van der Waals surface area contributed by atoms with Gasteiger partial charge in [0.1, 0.15) is 11.9 Å². The molecule has 0 N–H and O–H groups in total. The maximum Gasteiger partial charge on any atom is 0.138 e. The van der Waals surface area contributed by atoms with E-state index in [4.69, 9.17) is 4.74 Å². The van der Waals surface area contributed by atoms with E-state index in [9.17, 15) is 0 Å². The average molecular weight is 297 g/mol. The fourth-order valence-corrected chi connectivity index (χ4v) is 3.10. The molecule has 0 aromatic carbocycles. The van der Waals surface area contributed by atoms with Crippen LogP contribution in [0.2, 0.25) is 0 Å². The molecular formula is C18H23N3O. The number of nitrogens with zero attached hydrogens (tertiary/aromatic N) is 3. The van der Waals surface area contributed by atoms with E-state index in [2.05, 4.69) is 29.0 Å². The van der Waals surface area contributed by atoms with Gasteiger partial charge in [-0.3, -0.25) is 9.97 Å². The Labute approximate surface area is 132 Å². The molecule has 2 atom stereocenters. The average Bonchev–Trinajstić information content (AvgIpc) is 2.57. The molecule has 0 aliphatic heterocycles.